The average molecular weight is 392 g/mol. The van der Waals surface area contributed by atoms with Gasteiger partial charge in [-0.2, -0.15) is 10.1 Å². The standard InChI is InChI=1S/C20H20N6OS/c1-12-17(28-20(23-12)15-6-9-21-10-7-15)19-24-18(26-27-19)14-4-2-13(3-5-14)16-8-11-22-25-16/h2-5,8,11,15,21H,6-7,9-10H2,1H3,(H,22,25). The van der Waals surface area contributed by atoms with Gasteiger partial charge in [-0.05, 0) is 44.5 Å². The van der Waals surface area contributed by atoms with Crippen LogP contribution in [0.3, 0.4) is 0 Å². The van der Waals surface area contributed by atoms with Crippen LogP contribution in [0.4, 0.5) is 0 Å². The Labute approximate surface area is 166 Å². The number of piperidine rings is 1. The molecule has 5 rings (SSSR count). The molecule has 142 valence electrons. The lowest BCUT2D eigenvalue weighted by atomic mass is 9.99. The Morgan fingerprint density at radius 1 is 1.04 bits per heavy atom. The summed E-state index contributed by atoms with van der Waals surface area (Å²) in [6.07, 6.45) is 4.00. The third-order valence-corrected chi connectivity index (χ3v) is 6.38. The van der Waals surface area contributed by atoms with Crippen LogP contribution in [0.25, 0.3) is 33.4 Å². The summed E-state index contributed by atoms with van der Waals surface area (Å²) in [4.78, 5) is 10.4. The molecule has 2 N–H and O–H groups in total. The van der Waals surface area contributed by atoms with E-state index in [1.807, 2.05) is 37.3 Å². The number of rotatable bonds is 4. The van der Waals surface area contributed by atoms with Crippen LogP contribution in [0, 0.1) is 6.92 Å². The van der Waals surface area contributed by atoms with Crippen LogP contribution < -0.4 is 5.32 Å². The first kappa shape index (κ1) is 17.3. The van der Waals surface area contributed by atoms with E-state index >= 15 is 0 Å². The first-order valence-corrected chi connectivity index (χ1v) is 10.2. The molecule has 0 aliphatic carbocycles. The molecule has 4 aromatic rings. The van der Waals surface area contributed by atoms with E-state index < -0.39 is 0 Å². The first-order valence-electron chi connectivity index (χ1n) is 9.40. The first-order chi connectivity index (χ1) is 13.8. The van der Waals surface area contributed by atoms with E-state index in [1.54, 1.807) is 17.5 Å². The number of nitrogens with zero attached hydrogens (tertiary/aromatic N) is 4. The monoisotopic (exact) mass is 392 g/mol. The number of aryl methyl sites for hydroxylation is 1. The van der Waals surface area contributed by atoms with Crippen molar-refractivity contribution in [3.05, 3.63) is 47.2 Å². The summed E-state index contributed by atoms with van der Waals surface area (Å²) in [5, 5.41) is 15.7. The molecule has 8 heteroatoms. The molecule has 7 nitrogen and oxygen atoms in total. The lowest BCUT2D eigenvalue weighted by Crippen LogP contribution is -2.26. The van der Waals surface area contributed by atoms with Crippen LogP contribution in [0.5, 0.6) is 0 Å². The highest BCUT2D eigenvalue weighted by Crippen LogP contribution is 2.36. The van der Waals surface area contributed by atoms with E-state index in [9.17, 15) is 0 Å². The predicted octanol–water partition coefficient (Wildman–Crippen LogP) is 4.03. The van der Waals surface area contributed by atoms with E-state index in [-0.39, 0.29) is 0 Å². The van der Waals surface area contributed by atoms with Gasteiger partial charge in [0.2, 0.25) is 5.82 Å². The number of hydrogen-bond donors (Lipinski definition) is 2. The summed E-state index contributed by atoms with van der Waals surface area (Å²) in [5.41, 5.74) is 3.92. The second-order valence-corrected chi connectivity index (χ2v) is 7.99. The van der Waals surface area contributed by atoms with E-state index in [1.165, 1.54) is 5.01 Å². The largest absolute Gasteiger partial charge is 0.333 e. The minimum atomic E-state index is 0.524. The zero-order valence-corrected chi connectivity index (χ0v) is 16.3. The van der Waals surface area contributed by atoms with Crippen LogP contribution >= 0.6 is 11.3 Å². The maximum Gasteiger partial charge on any atom is 0.270 e. The third-order valence-electron chi connectivity index (χ3n) is 5.08. The Morgan fingerprint density at radius 2 is 1.82 bits per heavy atom. The van der Waals surface area contributed by atoms with Gasteiger partial charge in [0.1, 0.15) is 4.88 Å². The Hall–Kier alpha value is -2.84. The summed E-state index contributed by atoms with van der Waals surface area (Å²) in [6, 6.07) is 9.96. The summed E-state index contributed by atoms with van der Waals surface area (Å²) < 4.78 is 5.57. The summed E-state index contributed by atoms with van der Waals surface area (Å²) in [5.74, 6) is 1.65. The molecule has 0 saturated carbocycles. The van der Waals surface area contributed by atoms with Crippen LogP contribution in [0.15, 0.2) is 41.1 Å². The maximum absolute atomic E-state index is 5.57. The van der Waals surface area contributed by atoms with Crippen LogP contribution in [-0.2, 0) is 0 Å². The molecular weight excluding hydrogens is 372 g/mol. The Morgan fingerprint density at radius 3 is 2.57 bits per heavy atom. The van der Waals surface area contributed by atoms with Gasteiger partial charge in [-0.15, -0.1) is 11.3 Å². The zero-order valence-electron chi connectivity index (χ0n) is 15.5. The number of aromatic amines is 1. The number of nitrogens with one attached hydrogen (secondary N) is 2. The van der Waals surface area contributed by atoms with Crippen molar-refractivity contribution in [1.82, 2.24) is 30.6 Å². The summed E-state index contributed by atoms with van der Waals surface area (Å²) >= 11 is 1.68. The van der Waals surface area contributed by atoms with Gasteiger partial charge in [-0.25, -0.2) is 4.98 Å². The fourth-order valence-electron chi connectivity index (χ4n) is 3.51. The Kier molecular flexibility index (Phi) is 4.50. The van der Waals surface area contributed by atoms with Gasteiger partial charge in [0.15, 0.2) is 0 Å². The fraction of sp³-hybridized carbons (Fsp3) is 0.300. The highest BCUT2D eigenvalue weighted by atomic mass is 32.1. The van der Waals surface area contributed by atoms with Crippen molar-refractivity contribution in [2.45, 2.75) is 25.7 Å². The highest BCUT2D eigenvalue weighted by molar-refractivity contribution is 7.15. The molecule has 28 heavy (non-hydrogen) atoms. The van der Waals surface area contributed by atoms with Crippen molar-refractivity contribution in [3.63, 3.8) is 0 Å². The van der Waals surface area contributed by atoms with Gasteiger partial charge in [0.05, 0.1) is 16.4 Å². The van der Waals surface area contributed by atoms with Crippen molar-refractivity contribution in [2.24, 2.45) is 0 Å². The smallest absolute Gasteiger partial charge is 0.270 e. The lowest BCUT2D eigenvalue weighted by Gasteiger charge is -2.20. The molecule has 1 saturated heterocycles. The molecule has 1 aromatic carbocycles. The van der Waals surface area contributed by atoms with Crippen molar-refractivity contribution in [3.8, 4) is 33.4 Å². The van der Waals surface area contributed by atoms with Gasteiger partial charge in [0, 0.05) is 17.7 Å². The number of hydrogen-bond acceptors (Lipinski definition) is 7. The van der Waals surface area contributed by atoms with Crippen LogP contribution in [0.1, 0.15) is 29.5 Å². The number of thiazole rings is 1. The number of H-pyrrole nitrogens is 1. The molecule has 0 radical (unpaired) electrons. The molecule has 0 bridgehead atoms. The van der Waals surface area contributed by atoms with Crippen molar-refractivity contribution < 1.29 is 4.52 Å². The minimum Gasteiger partial charge on any atom is -0.333 e. The number of benzene rings is 1. The minimum absolute atomic E-state index is 0.524. The van der Waals surface area contributed by atoms with E-state index in [4.69, 9.17) is 9.51 Å². The number of aromatic nitrogens is 5. The van der Waals surface area contributed by atoms with E-state index in [0.29, 0.717) is 17.6 Å². The molecular formula is C20H20N6OS. The zero-order chi connectivity index (χ0) is 18.9. The normalized spacial score (nSPS) is 15.2. The molecule has 1 aliphatic heterocycles. The molecule has 0 unspecified atom stereocenters. The highest BCUT2D eigenvalue weighted by Gasteiger charge is 2.23. The third kappa shape index (κ3) is 3.25. The molecule has 0 atom stereocenters. The average Bonchev–Trinajstić information content (AvgIpc) is 3.49. The second kappa shape index (κ2) is 7.29. The van der Waals surface area contributed by atoms with Gasteiger partial charge < -0.3 is 9.84 Å². The molecule has 4 heterocycles. The molecule has 0 amide bonds. The van der Waals surface area contributed by atoms with E-state index in [0.717, 1.165) is 53.3 Å². The van der Waals surface area contributed by atoms with Gasteiger partial charge in [-0.1, -0.05) is 29.4 Å². The Bertz CT molecular complexity index is 1060. The van der Waals surface area contributed by atoms with Gasteiger partial charge in [0.25, 0.3) is 5.89 Å². The van der Waals surface area contributed by atoms with Crippen molar-refractivity contribution >= 4 is 11.3 Å². The van der Waals surface area contributed by atoms with Crippen LogP contribution in [-0.4, -0.2) is 38.4 Å². The van der Waals surface area contributed by atoms with Gasteiger partial charge in [-0.3, -0.25) is 5.10 Å². The summed E-state index contributed by atoms with van der Waals surface area (Å²) in [6.45, 7) is 4.12. The van der Waals surface area contributed by atoms with Gasteiger partial charge >= 0.3 is 0 Å². The topological polar surface area (TPSA) is 92.5 Å². The van der Waals surface area contributed by atoms with Crippen LogP contribution in [0.2, 0.25) is 0 Å². The molecule has 0 spiro atoms. The maximum atomic E-state index is 5.57. The second-order valence-electron chi connectivity index (χ2n) is 6.96. The molecule has 1 aliphatic rings. The molecule has 3 aromatic heterocycles. The van der Waals surface area contributed by atoms with Crippen molar-refractivity contribution in [1.29, 1.82) is 0 Å². The molecule has 1 fully saturated rings. The summed E-state index contributed by atoms with van der Waals surface area (Å²) in [7, 11) is 0. The SMILES string of the molecule is Cc1nc(C2CCNCC2)sc1-c1nc(-c2ccc(-c3ccn[nH]3)cc2)no1. The van der Waals surface area contributed by atoms with E-state index in [2.05, 4.69) is 25.7 Å². The predicted molar refractivity (Wildman–Crippen MR) is 108 cm³/mol. The Balaban J connectivity index is 1.39. The quantitative estimate of drug-likeness (QED) is 0.545. The fourth-order valence-corrected chi connectivity index (χ4v) is 4.67. The van der Waals surface area contributed by atoms with Crippen molar-refractivity contribution in [2.75, 3.05) is 13.1 Å². The lowest BCUT2D eigenvalue weighted by molar-refractivity contribution is 0.433.